The van der Waals surface area contributed by atoms with Crippen molar-refractivity contribution in [2.75, 3.05) is 0 Å². The second-order valence-electron chi connectivity index (χ2n) is 4.05. The van der Waals surface area contributed by atoms with E-state index in [4.69, 9.17) is 5.73 Å². The van der Waals surface area contributed by atoms with Crippen molar-refractivity contribution in [2.24, 2.45) is 5.73 Å². The lowest BCUT2D eigenvalue weighted by atomic mass is 10.2. The van der Waals surface area contributed by atoms with Crippen molar-refractivity contribution in [3.63, 3.8) is 0 Å². The van der Waals surface area contributed by atoms with Gasteiger partial charge < -0.3 is 10.6 Å². The van der Waals surface area contributed by atoms with E-state index in [1.54, 1.807) is 11.1 Å². The average Bonchev–Trinajstić information content (AvgIpc) is 2.59. The largest absolute Gasteiger partial charge is 0.351 e. The molecule has 1 aliphatic rings. The molecule has 0 saturated heterocycles. The van der Waals surface area contributed by atoms with Crippen LogP contribution in [-0.4, -0.2) is 20.9 Å². The molecular weight excluding hydrogens is 192 g/mol. The number of aromatic nitrogens is 2. The molecule has 0 aromatic carbocycles. The molecule has 0 aliphatic carbocycles. The number of carbonyl (C=O) groups excluding carboxylic acids is 1. The van der Waals surface area contributed by atoms with Crippen LogP contribution in [0.5, 0.6) is 0 Å². The van der Waals surface area contributed by atoms with Crippen molar-refractivity contribution in [3.8, 4) is 0 Å². The van der Waals surface area contributed by atoms with E-state index >= 15 is 0 Å². The van der Waals surface area contributed by atoms with Gasteiger partial charge in [0.15, 0.2) is 0 Å². The summed E-state index contributed by atoms with van der Waals surface area (Å²) in [6.07, 6.45) is 1.79. The molecule has 0 bridgehead atoms. The zero-order valence-corrected chi connectivity index (χ0v) is 8.90. The Balaban J connectivity index is 2.27. The predicted molar refractivity (Wildman–Crippen MR) is 55.0 cm³/mol. The van der Waals surface area contributed by atoms with Gasteiger partial charge in [0.05, 0.1) is 18.8 Å². The Bertz CT molecular complexity index is 402. The highest BCUT2D eigenvalue weighted by Gasteiger charge is 2.23. The minimum absolute atomic E-state index is 0.304. The first-order valence-corrected chi connectivity index (χ1v) is 4.97. The molecule has 2 heterocycles. The van der Waals surface area contributed by atoms with Crippen LogP contribution in [0.1, 0.15) is 36.8 Å². The fourth-order valence-corrected chi connectivity index (χ4v) is 1.60. The van der Waals surface area contributed by atoms with Crippen LogP contribution < -0.4 is 5.73 Å². The molecule has 2 N–H and O–H groups in total. The van der Waals surface area contributed by atoms with Gasteiger partial charge in [0.2, 0.25) is 0 Å². The van der Waals surface area contributed by atoms with E-state index in [-0.39, 0.29) is 0 Å². The summed E-state index contributed by atoms with van der Waals surface area (Å²) in [5, 5.41) is 0. The predicted octanol–water partition coefficient (Wildman–Crippen LogP) is 0.994. The fraction of sp³-hybridized carbons (Fsp3) is 0.500. The van der Waals surface area contributed by atoms with Crippen molar-refractivity contribution in [3.05, 3.63) is 23.3 Å². The average molecular weight is 206 g/mol. The van der Waals surface area contributed by atoms with Crippen LogP contribution in [0.25, 0.3) is 0 Å². The minimum Gasteiger partial charge on any atom is -0.351 e. The lowest BCUT2D eigenvalue weighted by molar-refractivity contribution is 0.208. The van der Waals surface area contributed by atoms with Crippen LogP contribution in [0.2, 0.25) is 0 Å². The van der Waals surface area contributed by atoms with Gasteiger partial charge in [0, 0.05) is 17.7 Å². The molecule has 15 heavy (non-hydrogen) atoms. The number of fused-ring (bicyclic) bond motifs is 1. The van der Waals surface area contributed by atoms with Crippen molar-refractivity contribution in [1.82, 2.24) is 14.9 Å². The molecule has 1 aromatic heterocycles. The number of primary amides is 1. The number of urea groups is 1. The highest BCUT2D eigenvalue weighted by atomic mass is 16.2. The third-order valence-electron chi connectivity index (χ3n) is 2.50. The van der Waals surface area contributed by atoms with Gasteiger partial charge in [-0.05, 0) is 0 Å². The molecule has 80 valence electrons. The van der Waals surface area contributed by atoms with E-state index in [0.29, 0.717) is 19.0 Å². The molecular formula is C10H14N4O. The Morgan fingerprint density at radius 3 is 2.87 bits per heavy atom. The molecule has 0 fully saturated rings. The molecule has 2 rings (SSSR count). The van der Waals surface area contributed by atoms with Crippen molar-refractivity contribution < 1.29 is 4.79 Å². The summed E-state index contributed by atoms with van der Waals surface area (Å²) in [6.45, 7) is 5.13. The number of nitrogens with two attached hydrogens (primary N) is 1. The topological polar surface area (TPSA) is 72.1 Å². The normalized spacial score (nSPS) is 14.5. The van der Waals surface area contributed by atoms with Gasteiger partial charge in [-0.2, -0.15) is 0 Å². The van der Waals surface area contributed by atoms with Crippen LogP contribution in [0.15, 0.2) is 6.20 Å². The monoisotopic (exact) mass is 206 g/mol. The highest BCUT2D eigenvalue weighted by Crippen LogP contribution is 2.21. The zero-order valence-electron chi connectivity index (χ0n) is 8.90. The van der Waals surface area contributed by atoms with Crippen LogP contribution in [0, 0.1) is 0 Å². The van der Waals surface area contributed by atoms with Crippen molar-refractivity contribution >= 4 is 6.03 Å². The maximum atomic E-state index is 11.0. The zero-order chi connectivity index (χ0) is 11.0. The molecule has 5 nitrogen and oxygen atoms in total. The molecule has 0 radical (unpaired) electrons. The third-order valence-corrected chi connectivity index (χ3v) is 2.50. The minimum atomic E-state index is -0.404. The van der Waals surface area contributed by atoms with E-state index in [2.05, 4.69) is 9.97 Å². The maximum Gasteiger partial charge on any atom is 0.315 e. The van der Waals surface area contributed by atoms with Gasteiger partial charge in [-0.1, -0.05) is 13.8 Å². The Labute approximate surface area is 88.3 Å². The molecule has 0 unspecified atom stereocenters. The van der Waals surface area contributed by atoms with Gasteiger partial charge >= 0.3 is 6.03 Å². The quantitative estimate of drug-likeness (QED) is 0.744. The van der Waals surface area contributed by atoms with Gasteiger partial charge in [-0.25, -0.2) is 14.8 Å². The highest BCUT2D eigenvalue weighted by molar-refractivity contribution is 5.72. The summed E-state index contributed by atoms with van der Waals surface area (Å²) in [5.41, 5.74) is 7.14. The van der Waals surface area contributed by atoms with E-state index in [0.717, 1.165) is 17.1 Å². The molecule has 0 saturated carbocycles. The first-order chi connectivity index (χ1) is 7.08. The first-order valence-electron chi connectivity index (χ1n) is 4.97. The SMILES string of the molecule is CC(C)c1ncc2c(n1)CN(C(N)=O)C2. The molecule has 1 aliphatic heterocycles. The maximum absolute atomic E-state index is 11.0. The molecule has 0 spiro atoms. The number of carbonyl (C=O) groups is 1. The fourth-order valence-electron chi connectivity index (χ4n) is 1.60. The summed E-state index contributed by atoms with van der Waals surface area (Å²) in [4.78, 5) is 21.2. The molecule has 0 atom stereocenters. The summed E-state index contributed by atoms with van der Waals surface area (Å²) in [6, 6.07) is -0.404. The number of rotatable bonds is 1. The lowest BCUT2D eigenvalue weighted by Crippen LogP contribution is -2.30. The van der Waals surface area contributed by atoms with Crippen LogP contribution in [0.3, 0.4) is 0 Å². The van der Waals surface area contributed by atoms with Crippen molar-refractivity contribution in [1.29, 1.82) is 0 Å². The Hall–Kier alpha value is -1.65. The van der Waals surface area contributed by atoms with Crippen LogP contribution in [0.4, 0.5) is 4.79 Å². The number of hydrogen-bond donors (Lipinski definition) is 1. The van der Waals surface area contributed by atoms with Crippen LogP contribution >= 0.6 is 0 Å². The summed E-state index contributed by atoms with van der Waals surface area (Å²) >= 11 is 0. The Kier molecular flexibility index (Phi) is 2.30. The van der Waals surface area contributed by atoms with E-state index < -0.39 is 6.03 Å². The van der Waals surface area contributed by atoms with Gasteiger partial charge in [0.25, 0.3) is 0 Å². The van der Waals surface area contributed by atoms with Gasteiger partial charge in [-0.3, -0.25) is 0 Å². The smallest absolute Gasteiger partial charge is 0.315 e. The molecule has 1 aromatic rings. The van der Waals surface area contributed by atoms with E-state index in [1.807, 2.05) is 13.8 Å². The molecule has 2 amide bonds. The van der Waals surface area contributed by atoms with Crippen molar-refractivity contribution in [2.45, 2.75) is 32.9 Å². The Morgan fingerprint density at radius 1 is 1.53 bits per heavy atom. The van der Waals surface area contributed by atoms with Crippen LogP contribution in [-0.2, 0) is 13.1 Å². The third kappa shape index (κ3) is 1.77. The van der Waals surface area contributed by atoms with E-state index in [9.17, 15) is 4.79 Å². The standard InChI is InChI=1S/C10H14N4O/c1-6(2)9-12-3-7-4-14(10(11)15)5-8(7)13-9/h3,6H,4-5H2,1-2H3,(H2,11,15). The molecule has 5 heteroatoms. The number of nitrogens with zero attached hydrogens (tertiary/aromatic N) is 3. The second kappa shape index (κ2) is 3.49. The number of amides is 2. The first kappa shape index (κ1) is 9.89. The van der Waals surface area contributed by atoms with Gasteiger partial charge in [0.1, 0.15) is 5.82 Å². The lowest BCUT2D eigenvalue weighted by Gasteiger charge is -2.09. The van der Waals surface area contributed by atoms with Gasteiger partial charge in [-0.15, -0.1) is 0 Å². The Morgan fingerprint density at radius 2 is 2.27 bits per heavy atom. The van der Waals surface area contributed by atoms with E-state index in [1.165, 1.54) is 0 Å². The number of hydrogen-bond acceptors (Lipinski definition) is 3. The summed E-state index contributed by atoms with van der Waals surface area (Å²) < 4.78 is 0. The summed E-state index contributed by atoms with van der Waals surface area (Å²) in [7, 11) is 0. The summed E-state index contributed by atoms with van der Waals surface area (Å²) in [5.74, 6) is 1.12. The second-order valence-corrected chi connectivity index (χ2v) is 4.05.